The highest BCUT2D eigenvalue weighted by Gasteiger charge is 2.05. The maximum absolute atomic E-state index is 4.13. The van der Waals surface area contributed by atoms with Gasteiger partial charge in [-0.2, -0.15) is 5.10 Å². The topological polar surface area (TPSA) is 17.8 Å². The molecular weight excluding hydrogens is 184 g/mol. The maximum Gasteiger partial charge on any atom is 0.0758 e. The van der Waals surface area contributed by atoms with E-state index in [1.807, 2.05) is 11.7 Å². The molecule has 1 radical (unpaired) electrons. The molecule has 2 nitrogen and oxygen atoms in total. The van der Waals surface area contributed by atoms with Gasteiger partial charge in [0, 0.05) is 18.7 Å². The van der Waals surface area contributed by atoms with Crippen molar-refractivity contribution >= 4 is 0 Å². The Bertz CT molecular complexity index is 455. The van der Waals surface area contributed by atoms with E-state index in [1.165, 1.54) is 11.1 Å². The highest BCUT2D eigenvalue weighted by Crippen LogP contribution is 2.22. The standard InChI is InChI=1S/C13H15N2/c1-10(2)11-5-4-6-12(9-11)13-7-8-14-15(13)3/h4-6,8-10H,1-3H3. The molecule has 1 aromatic carbocycles. The summed E-state index contributed by atoms with van der Waals surface area (Å²) in [7, 11) is 1.94. The zero-order chi connectivity index (χ0) is 10.8. The van der Waals surface area contributed by atoms with Crippen LogP contribution in [0.25, 0.3) is 11.3 Å². The van der Waals surface area contributed by atoms with E-state index >= 15 is 0 Å². The van der Waals surface area contributed by atoms with Gasteiger partial charge in [-0.05, 0) is 17.5 Å². The minimum absolute atomic E-state index is 0.554. The van der Waals surface area contributed by atoms with Gasteiger partial charge in [0.1, 0.15) is 0 Å². The lowest BCUT2D eigenvalue weighted by molar-refractivity contribution is 0.775. The van der Waals surface area contributed by atoms with Gasteiger partial charge < -0.3 is 0 Å². The van der Waals surface area contributed by atoms with E-state index in [2.05, 4.69) is 49.3 Å². The summed E-state index contributed by atoms with van der Waals surface area (Å²) in [5.74, 6) is 0.554. The molecule has 0 amide bonds. The Morgan fingerprint density at radius 1 is 1.33 bits per heavy atom. The van der Waals surface area contributed by atoms with Crippen LogP contribution in [0, 0.1) is 6.07 Å². The highest BCUT2D eigenvalue weighted by atomic mass is 15.2. The van der Waals surface area contributed by atoms with Crippen molar-refractivity contribution in [3.63, 3.8) is 0 Å². The first-order valence-electron chi connectivity index (χ1n) is 5.18. The quantitative estimate of drug-likeness (QED) is 0.727. The molecule has 0 saturated heterocycles. The first-order chi connectivity index (χ1) is 7.18. The summed E-state index contributed by atoms with van der Waals surface area (Å²) < 4.78 is 1.85. The van der Waals surface area contributed by atoms with Crippen molar-refractivity contribution in [3.05, 3.63) is 42.1 Å². The molecule has 0 aliphatic carbocycles. The summed E-state index contributed by atoms with van der Waals surface area (Å²) in [6.45, 7) is 4.40. The fourth-order valence-corrected chi connectivity index (χ4v) is 1.64. The van der Waals surface area contributed by atoms with Crippen LogP contribution in [0.4, 0.5) is 0 Å². The highest BCUT2D eigenvalue weighted by molar-refractivity contribution is 5.59. The van der Waals surface area contributed by atoms with E-state index in [9.17, 15) is 0 Å². The minimum atomic E-state index is 0.554. The molecule has 0 aliphatic rings. The van der Waals surface area contributed by atoms with Crippen molar-refractivity contribution < 1.29 is 0 Å². The zero-order valence-corrected chi connectivity index (χ0v) is 9.36. The first-order valence-corrected chi connectivity index (χ1v) is 5.18. The van der Waals surface area contributed by atoms with Crippen LogP contribution in [-0.4, -0.2) is 9.78 Å². The largest absolute Gasteiger partial charge is 0.267 e. The molecule has 2 aromatic rings. The Morgan fingerprint density at radius 2 is 2.13 bits per heavy atom. The van der Waals surface area contributed by atoms with Crippen LogP contribution in [0.5, 0.6) is 0 Å². The molecule has 0 spiro atoms. The molecule has 77 valence electrons. The third-order valence-corrected chi connectivity index (χ3v) is 2.58. The molecule has 0 N–H and O–H groups in total. The average molecular weight is 199 g/mol. The lowest BCUT2D eigenvalue weighted by Crippen LogP contribution is -1.94. The molecule has 1 aromatic heterocycles. The number of aryl methyl sites for hydroxylation is 1. The Morgan fingerprint density at radius 3 is 2.73 bits per heavy atom. The van der Waals surface area contributed by atoms with E-state index < -0.39 is 0 Å². The van der Waals surface area contributed by atoms with Crippen LogP contribution >= 0.6 is 0 Å². The van der Waals surface area contributed by atoms with Crippen molar-refractivity contribution in [2.75, 3.05) is 0 Å². The van der Waals surface area contributed by atoms with Crippen molar-refractivity contribution in [1.29, 1.82) is 0 Å². The molecular formula is C13H15N2. The van der Waals surface area contributed by atoms with E-state index in [4.69, 9.17) is 0 Å². The van der Waals surface area contributed by atoms with Gasteiger partial charge in [-0.25, -0.2) is 0 Å². The van der Waals surface area contributed by atoms with E-state index in [0.29, 0.717) is 5.92 Å². The minimum Gasteiger partial charge on any atom is -0.267 e. The van der Waals surface area contributed by atoms with Crippen molar-refractivity contribution in [2.45, 2.75) is 19.8 Å². The second-order valence-electron chi connectivity index (χ2n) is 4.04. The number of rotatable bonds is 2. The summed E-state index contributed by atoms with van der Waals surface area (Å²) in [6.07, 6.45) is 1.71. The SMILES string of the molecule is CC(C)c1cccc(-c2[c]cnn2C)c1. The van der Waals surface area contributed by atoms with Crippen LogP contribution in [-0.2, 0) is 7.05 Å². The molecule has 0 atom stereocenters. The van der Waals surface area contributed by atoms with E-state index in [1.54, 1.807) is 6.20 Å². The van der Waals surface area contributed by atoms with Gasteiger partial charge in [0.25, 0.3) is 0 Å². The Balaban J connectivity index is 2.46. The van der Waals surface area contributed by atoms with Crippen LogP contribution in [0.15, 0.2) is 30.5 Å². The summed E-state index contributed by atoms with van der Waals surface area (Å²) in [4.78, 5) is 0. The molecule has 15 heavy (non-hydrogen) atoms. The van der Waals surface area contributed by atoms with Gasteiger partial charge in [0.2, 0.25) is 0 Å². The number of aromatic nitrogens is 2. The molecule has 1 heterocycles. The average Bonchev–Trinajstić information content (AvgIpc) is 2.64. The molecule has 0 bridgehead atoms. The van der Waals surface area contributed by atoms with Crippen LogP contribution in [0.2, 0.25) is 0 Å². The third-order valence-electron chi connectivity index (χ3n) is 2.58. The van der Waals surface area contributed by atoms with Gasteiger partial charge in [0.05, 0.1) is 11.9 Å². The van der Waals surface area contributed by atoms with E-state index in [0.717, 1.165) is 5.69 Å². The van der Waals surface area contributed by atoms with Gasteiger partial charge in [-0.3, -0.25) is 4.68 Å². The summed E-state index contributed by atoms with van der Waals surface area (Å²) >= 11 is 0. The monoisotopic (exact) mass is 199 g/mol. The number of nitrogens with zero attached hydrogens (tertiary/aromatic N) is 2. The fraction of sp³-hybridized carbons (Fsp3) is 0.308. The number of hydrogen-bond donors (Lipinski definition) is 0. The van der Waals surface area contributed by atoms with Crippen LogP contribution < -0.4 is 0 Å². The molecule has 0 unspecified atom stereocenters. The second-order valence-corrected chi connectivity index (χ2v) is 4.04. The molecule has 2 rings (SSSR count). The lowest BCUT2D eigenvalue weighted by atomic mass is 10.00. The van der Waals surface area contributed by atoms with Gasteiger partial charge in [-0.15, -0.1) is 0 Å². The Hall–Kier alpha value is -1.57. The number of benzene rings is 1. The lowest BCUT2D eigenvalue weighted by Gasteiger charge is -2.08. The summed E-state index contributed by atoms with van der Waals surface area (Å²) in [6, 6.07) is 11.7. The van der Waals surface area contributed by atoms with Crippen LogP contribution in [0.1, 0.15) is 25.3 Å². The normalized spacial score (nSPS) is 10.9. The van der Waals surface area contributed by atoms with Crippen molar-refractivity contribution in [2.24, 2.45) is 7.05 Å². The second kappa shape index (κ2) is 3.89. The summed E-state index contributed by atoms with van der Waals surface area (Å²) in [5.41, 5.74) is 3.57. The van der Waals surface area contributed by atoms with Crippen LogP contribution in [0.3, 0.4) is 0 Å². The van der Waals surface area contributed by atoms with Gasteiger partial charge >= 0.3 is 0 Å². The van der Waals surface area contributed by atoms with E-state index in [-0.39, 0.29) is 0 Å². The Labute approximate surface area is 90.6 Å². The molecule has 0 saturated carbocycles. The fourth-order valence-electron chi connectivity index (χ4n) is 1.64. The zero-order valence-electron chi connectivity index (χ0n) is 9.36. The maximum atomic E-state index is 4.13. The first kappa shape index (κ1) is 9.97. The van der Waals surface area contributed by atoms with Gasteiger partial charge in [-0.1, -0.05) is 32.0 Å². The van der Waals surface area contributed by atoms with Crippen molar-refractivity contribution in [3.8, 4) is 11.3 Å². The predicted octanol–water partition coefficient (Wildman–Crippen LogP) is 3.01. The Kier molecular flexibility index (Phi) is 2.58. The summed E-state index contributed by atoms with van der Waals surface area (Å²) in [5, 5.41) is 4.13. The molecule has 0 fully saturated rings. The molecule has 2 heteroatoms. The molecule has 0 aliphatic heterocycles. The third kappa shape index (κ3) is 1.94. The van der Waals surface area contributed by atoms with Crippen molar-refractivity contribution in [1.82, 2.24) is 9.78 Å². The smallest absolute Gasteiger partial charge is 0.0758 e. The number of hydrogen-bond acceptors (Lipinski definition) is 1. The van der Waals surface area contributed by atoms with Gasteiger partial charge in [0.15, 0.2) is 0 Å². The predicted molar refractivity (Wildman–Crippen MR) is 61.6 cm³/mol.